The van der Waals surface area contributed by atoms with E-state index in [-0.39, 0.29) is 0 Å². The van der Waals surface area contributed by atoms with E-state index >= 15 is 0 Å². The van der Waals surface area contributed by atoms with Crippen molar-refractivity contribution in [1.82, 2.24) is 0 Å². The molecule has 1 aromatic rings. The summed E-state index contributed by atoms with van der Waals surface area (Å²) in [6.07, 6.45) is 0.837. The van der Waals surface area contributed by atoms with E-state index in [1.54, 1.807) is 0 Å². The van der Waals surface area contributed by atoms with Crippen molar-refractivity contribution in [2.45, 2.75) is 18.6 Å². The zero-order valence-corrected chi connectivity index (χ0v) is 8.06. The fourth-order valence-corrected chi connectivity index (χ4v) is 1.76. The van der Waals surface area contributed by atoms with Crippen LogP contribution in [-0.2, 0) is 0 Å². The maximum Gasteiger partial charge on any atom is 0.165 e. The van der Waals surface area contributed by atoms with E-state index in [4.69, 9.17) is 0 Å². The van der Waals surface area contributed by atoms with E-state index in [0.29, 0.717) is 25.9 Å². The van der Waals surface area contributed by atoms with Crippen LogP contribution in [-0.4, -0.2) is 29.1 Å². The first-order valence-corrected chi connectivity index (χ1v) is 4.92. The predicted octanol–water partition coefficient (Wildman–Crippen LogP) is 0.968. The van der Waals surface area contributed by atoms with E-state index in [9.17, 15) is 10.2 Å². The Bertz CT molecular complexity index is 287. The lowest BCUT2D eigenvalue weighted by molar-refractivity contribution is -0.172. The summed E-state index contributed by atoms with van der Waals surface area (Å²) in [5.74, 6) is -1.45. The smallest absolute Gasteiger partial charge is 0.165 e. The van der Waals surface area contributed by atoms with Crippen molar-refractivity contribution in [1.29, 1.82) is 0 Å². The van der Waals surface area contributed by atoms with Crippen molar-refractivity contribution in [3.8, 4) is 0 Å². The zero-order valence-electron chi connectivity index (χ0n) is 8.06. The van der Waals surface area contributed by atoms with Crippen LogP contribution in [0.25, 0.3) is 0 Å². The molecule has 1 saturated heterocycles. The van der Waals surface area contributed by atoms with E-state index in [1.807, 2.05) is 30.3 Å². The Morgan fingerprint density at radius 3 is 2.14 bits per heavy atom. The van der Waals surface area contributed by atoms with E-state index in [1.165, 1.54) is 0 Å². The molecule has 3 heteroatoms. The van der Waals surface area contributed by atoms with Crippen molar-refractivity contribution in [3.05, 3.63) is 30.3 Å². The van der Waals surface area contributed by atoms with Crippen LogP contribution in [0.15, 0.2) is 30.3 Å². The number of benzene rings is 1. The standard InChI is InChI=1S/C11H15NO2/c13-11(14)6-8-12(9-7-11)10-4-2-1-3-5-10/h1-5,13-14H,6-9H2. The molecule has 14 heavy (non-hydrogen) atoms. The largest absolute Gasteiger partial charge is 0.371 e. The molecule has 0 saturated carbocycles. The normalized spacial score (nSPS) is 20.9. The summed E-state index contributed by atoms with van der Waals surface area (Å²) < 4.78 is 0. The van der Waals surface area contributed by atoms with Gasteiger partial charge < -0.3 is 15.1 Å². The number of hydrogen-bond acceptors (Lipinski definition) is 3. The lowest BCUT2D eigenvalue weighted by Gasteiger charge is -2.35. The van der Waals surface area contributed by atoms with Crippen LogP contribution in [0.4, 0.5) is 5.69 Å². The molecule has 76 valence electrons. The van der Waals surface area contributed by atoms with Crippen LogP contribution in [0.5, 0.6) is 0 Å². The molecular weight excluding hydrogens is 178 g/mol. The van der Waals surface area contributed by atoms with Gasteiger partial charge in [0.15, 0.2) is 5.79 Å². The number of para-hydroxylation sites is 1. The molecule has 1 aromatic carbocycles. The lowest BCUT2D eigenvalue weighted by atomic mass is 10.0. The average Bonchev–Trinajstić information content (AvgIpc) is 2.19. The molecule has 0 aliphatic carbocycles. The fourth-order valence-electron chi connectivity index (χ4n) is 1.76. The minimum absolute atomic E-state index is 0.419. The van der Waals surface area contributed by atoms with E-state index in [0.717, 1.165) is 5.69 Å². The fraction of sp³-hybridized carbons (Fsp3) is 0.455. The van der Waals surface area contributed by atoms with Crippen LogP contribution >= 0.6 is 0 Å². The van der Waals surface area contributed by atoms with Gasteiger partial charge in [-0.2, -0.15) is 0 Å². The summed E-state index contributed by atoms with van der Waals surface area (Å²) in [6, 6.07) is 10.1. The van der Waals surface area contributed by atoms with Gasteiger partial charge in [0.25, 0.3) is 0 Å². The van der Waals surface area contributed by atoms with Gasteiger partial charge in [0, 0.05) is 31.6 Å². The molecule has 0 aromatic heterocycles. The first-order valence-electron chi connectivity index (χ1n) is 4.92. The Balaban J connectivity index is 2.03. The van der Waals surface area contributed by atoms with E-state index in [2.05, 4.69) is 4.90 Å². The molecule has 1 aliphatic heterocycles. The molecule has 0 atom stereocenters. The second kappa shape index (κ2) is 3.59. The average molecular weight is 193 g/mol. The van der Waals surface area contributed by atoms with Crippen LogP contribution in [0.3, 0.4) is 0 Å². The summed E-state index contributed by atoms with van der Waals surface area (Å²) >= 11 is 0. The minimum atomic E-state index is -1.45. The van der Waals surface area contributed by atoms with Crippen LogP contribution in [0.1, 0.15) is 12.8 Å². The van der Waals surface area contributed by atoms with Gasteiger partial charge in [-0.3, -0.25) is 0 Å². The lowest BCUT2D eigenvalue weighted by Crippen LogP contribution is -2.44. The molecule has 0 bridgehead atoms. The molecule has 2 N–H and O–H groups in total. The Hall–Kier alpha value is -1.06. The maximum atomic E-state index is 9.37. The van der Waals surface area contributed by atoms with Gasteiger partial charge in [-0.1, -0.05) is 18.2 Å². The first-order chi connectivity index (χ1) is 6.67. The highest BCUT2D eigenvalue weighted by atomic mass is 16.5. The molecule has 0 spiro atoms. The number of piperidine rings is 1. The monoisotopic (exact) mass is 193 g/mol. The maximum absolute atomic E-state index is 9.37. The van der Waals surface area contributed by atoms with Gasteiger partial charge in [0.2, 0.25) is 0 Å². The Morgan fingerprint density at radius 2 is 1.57 bits per heavy atom. The van der Waals surface area contributed by atoms with Crippen LogP contribution in [0, 0.1) is 0 Å². The Kier molecular flexibility index (Phi) is 2.44. The summed E-state index contributed by atoms with van der Waals surface area (Å²) in [5, 5.41) is 18.7. The summed E-state index contributed by atoms with van der Waals surface area (Å²) in [7, 11) is 0. The van der Waals surface area contributed by atoms with Gasteiger partial charge >= 0.3 is 0 Å². The highest BCUT2D eigenvalue weighted by Crippen LogP contribution is 2.23. The molecule has 1 aliphatic rings. The predicted molar refractivity (Wildman–Crippen MR) is 55.1 cm³/mol. The summed E-state index contributed by atoms with van der Waals surface area (Å²) in [4.78, 5) is 2.17. The molecule has 0 radical (unpaired) electrons. The van der Waals surface area contributed by atoms with Gasteiger partial charge in [-0.15, -0.1) is 0 Å². The Labute approximate surface area is 83.6 Å². The molecule has 1 heterocycles. The quantitative estimate of drug-likeness (QED) is 0.653. The van der Waals surface area contributed by atoms with Gasteiger partial charge in [-0.05, 0) is 12.1 Å². The highest BCUT2D eigenvalue weighted by Gasteiger charge is 2.29. The van der Waals surface area contributed by atoms with Crippen molar-refractivity contribution < 1.29 is 10.2 Å². The number of nitrogens with zero attached hydrogens (tertiary/aromatic N) is 1. The number of hydrogen-bond donors (Lipinski definition) is 2. The first kappa shape index (κ1) is 9.49. The van der Waals surface area contributed by atoms with Crippen molar-refractivity contribution >= 4 is 5.69 Å². The van der Waals surface area contributed by atoms with Crippen molar-refractivity contribution in [2.24, 2.45) is 0 Å². The van der Waals surface area contributed by atoms with Crippen molar-refractivity contribution in [3.63, 3.8) is 0 Å². The number of aliphatic hydroxyl groups is 2. The molecule has 3 nitrogen and oxygen atoms in total. The number of anilines is 1. The topological polar surface area (TPSA) is 43.7 Å². The van der Waals surface area contributed by atoms with Crippen molar-refractivity contribution in [2.75, 3.05) is 18.0 Å². The third-order valence-electron chi connectivity index (χ3n) is 2.69. The summed E-state index contributed by atoms with van der Waals surface area (Å²) in [6.45, 7) is 1.41. The molecule has 2 rings (SSSR count). The second-order valence-corrected chi connectivity index (χ2v) is 3.81. The summed E-state index contributed by atoms with van der Waals surface area (Å²) in [5.41, 5.74) is 1.16. The molecule has 0 amide bonds. The van der Waals surface area contributed by atoms with E-state index < -0.39 is 5.79 Å². The molecule has 1 fully saturated rings. The van der Waals surface area contributed by atoms with Gasteiger partial charge in [0.1, 0.15) is 0 Å². The SMILES string of the molecule is OC1(O)CCN(c2ccccc2)CC1. The zero-order chi connectivity index (χ0) is 10.0. The third-order valence-corrected chi connectivity index (χ3v) is 2.69. The van der Waals surface area contributed by atoms with Gasteiger partial charge in [-0.25, -0.2) is 0 Å². The Morgan fingerprint density at radius 1 is 1.00 bits per heavy atom. The highest BCUT2D eigenvalue weighted by molar-refractivity contribution is 5.46. The second-order valence-electron chi connectivity index (χ2n) is 3.81. The van der Waals surface area contributed by atoms with Crippen LogP contribution < -0.4 is 4.90 Å². The number of rotatable bonds is 1. The molecule has 0 unspecified atom stereocenters. The molecular formula is C11H15NO2. The van der Waals surface area contributed by atoms with Gasteiger partial charge in [0.05, 0.1) is 0 Å². The minimum Gasteiger partial charge on any atom is -0.371 e. The van der Waals surface area contributed by atoms with Crippen LogP contribution in [0.2, 0.25) is 0 Å². The third kappa shape index (κ3) is 2.05.